The molecule has 0 atom stereocenters. The van der Waals surface area contributed by atoms with Gasteiger partial charge in [0, 0.05) is 12.2 Å². The molecule has 6 heteroatoms. The lowest BCUT2D eigenvalue weighted by Gasteiger charge is -2.11. The normalized spacial score (nSPS) is 10.2. The predicted octanol–water partition coefficient (Wildman–Crippen LogP) is 4.18. The molecule has 100 valence electrons. The molecule has 0 radical (unpaired) electrons. The fourth-order valence-corrected chi connectivity index (χ4v) is 2.10. The summed E-state index contributed by atoms with van der Waals surface area (Å²) in [6.45, 7) is 2.98. The second-order valence-corrected chi connectivity index (χ2v) is 5.10. The second-order valence-electron chi connectivity index (χ2n) is 3.88. The van der Waals surface area contributed by atoms with Gasteiger partial charge in [0.1, 0.15) is 0 Å². The molecule has 0 fully saturated rings. The highest BCUT2D eigenvalue weighted by Crippen LogP contribution is 2.34. The Kier molecular flexibility index (Phi) is 6.54. The minimum Gasteiger partial charge on any atom is -0.505 e. The van der Waals surface area contributed by atoms with Crippen LogP contribution in [0.5, 0.6) is 5.75 Å². The number of thiocarbonyl (C=S) groups is 1. The van der Waals surface area contributed by atoms with Crippen molar-refractivity contribution in [1.82, 2.24) is 5.32 Å². The van der Waals surface area contributed by atoms with Crippen LogP contribution < -0.4 is 10.6 Å². The van der Waals surface area contributed by atoms with Gasteiger partial charge in [-0.1, -0.05) is 43.0 Å². The maximum Gasteiger partial charge on any atom is 0.170 e. The van der Waals surface area contributed by atoms with Crippen LogP contribution in [-0.4, -0.2) is 16.8 Å². The van der Waals surface area contributed by atoms with Crippen molar-refractivity contribution in [3.63, 3.8) is 0 Å². The minimum atomic E-state index is -0.120. The molecule has 0 spiro atoms. The standard InChI is InChI=1S/C12H16Cl2N2OS/c1-2-3-4-5-15-12(18)16-8-6-9(13)11(17)10(14)7-8/h6-7,17H,2-5H2,1H3,(H2,15,16,18). The van der Waals surface area contributed by atoms with E-state index in [4.69, 9.17) is 35.4 Å². The predicted molar refractivity (Wildman–Crippen MR) is 81.9 cm³/mol. The smallest absolute Gasteiger partial charge is 0.170 e. The third-order valence-electron chi connectivity index (χ3n) is 2.34. The zero-order valence-corrected chi connectivity index (χ0v) is 12.4. The number of halogens is 2. The van der Waals surface area contributed by atoms with Gasteiger partial charge in [0.15, 0.2) is 10.9 Å². The van der Waals surface area contributed by atoms with E-state index in [0.717, 1.165) is 13.0 Å². The van der Waals surface area contributed by atoms with Crippen LogP contribution in [0.4, 0.5) is 5.69 Å². The molecule has 3 nitrogen and oxygen atoms in total. The molecule has 1 aromatic rings. The van der Waals surface area contributed by atoms with Crippen molar-refractivity contribution in [2.24, 2.45) is 0 Å². The van der Waals surface area contributed by atoms with Crippen molar-refractivity contribution in [1.29, 1.82) is 0 Å². The number of hydrogen-bond donors (Lipinski definition) is 3. The highest BCUT2D eigenvalue weighted by molar-refractivity contribution is 7.80. The molecule has 3 N–H and O–H groups in total. The number of benzene rings is 1. The van der Waals surface area contributed by atoms with Crippen molar-refractivity contribution < 1.29 is 5.11 Å². The summed E-state index contributed by atoms with van der Waals surface area (Å²) in [5.74, 6) is -0.120. The summed E-state index contributed by atoms with van der Waals surface area (Å²) in [4.78, 5) is 0. The SMILES string of the molecule is CCCCCNC(=S)Nc1cc(Cl)c(O)c(Cl)c1. The molecule has 1 aromatic carbocycles. The molecule has 0 aliphatic carbocycles. The Hall–Kier alpha value is -0.710. The topological polar surface area (TPSA) is 44.3 Å². The van der Waals surface area contributed by atoms with Crippen molar-refractivity contribution in [2.45, 2.75) is 26.2 Å². The number of anilines is 1. The number of unbranched alkanes of at least 4 members (excludes halogenated alkanes) is 2. The van der Waals surface area contributed by atoms with Gasteiger partial charge in [-0.25, -0.2) is 0 Å². The van der Waals surface area contributed by atoms with Crippen molar-refractivity contribution >= 4 is 46.2 Å². The maximum absolute atomic E-state index is 9.43. The van der Waals surface area contributed by atoms with Crippen LogP contribution in [-0.2, 0) is 0 Å². The number of hydrogen-bond acceptors (Lipinski definition) is 2. The maximum atomic E-state index is 9.43. The van der Waals surface area contributed by atoms with E-state index in [9.17, 15) is 5.11 Å². The third-order valence-corrected chi connectivity index (χ3v) is 3.16. The molecule has 0 aliphatic rings. The number of phenols is 1. The fraction of sp³-hybridized carbons (Fsp3) is 0.417. The number of phenolic OH excluding ortho intramolecular Hbond substituents is 1. The molecule has 0 aliphatic heterocycles. The van der Waals surface area contributed by atoms with Crippen LogP contribution in [0.1, 0.15) is 26.2 Å². The van der Waals surface area contributed by atoms with E-state index in [0.29, 0.717) is 10.8 Å². The van der Waals surface area contributed by atoms with Gasteiger partial charge in [-0.2, -0.15) is 0 Å². The molecule has 1 rings (SSSR count). The van der Waals surface area contributed by atoms with Gasteiger partial charge in [0.05, 0.1) is 10.0 Å². The van der Waals surface area contributed by atoms with Crippen molar-refractivity contribution in [3.8, 4) is 5.75 Å². The number of nitrogens with one attached hydrogen (secondary N) is 2. The summed E-state index contributed by atoms with van der Waals surface area (Å²) in [5, 5.41) is 16.4. The first-order valence-electron chi connectivity index (χ1n) is 5.77. The highest BCUT2D eigenvalue weighted by atomic mass is 35.5. The first-order chi connectivity index (χ1) is 8.54. The van der Waals surface area contributed by atoms with Gasteiger partial charge in [0.25, 0.3) is 0 Å². The van der Waals surface area contributed by atoms with Crippen LogP contribution in [0, 0.1) is 0 Å². The highest BCUT2D eigenvalue weighted by Gasteiger charge is 2.07. The Morgan fingerprint density at radius 3 is 2.44 bits per heavy atom. The summed E-state index contributed by atoms with van der Waals surface area (Å²) < 4.78 is 0. The lowest BCUT2D eigenvalue weighted by atomic mass is 10.2. The molecule has 0 unspecified atom stereocenters. The molecule has 0 heterocycles. The Labute approximate surface area is 122 Å². The molecule has 0 amide bonds. The quantitative estimate of drug-likeness (QED) is 0.434. The molecular weight excluding hydrogens is 291 g/mol. The Morgan fingerprint density at radius 1 is 1.28 bits per heavy atom. The molecular formula is C12H16Cl2N2OS. The first-order valence-corrected chi connectivity index (χ1v) is 6.94. The Bertz CT molecular complexity index is 404. The zero-order chi connectivity index (χ0) is 13.5. The van der Waals surface area contributed by atoms with Gasteiger partial charge in [-0.3, -0.25) is 0 Å². The first kappa shape index (κ1) is 15.3. The molecule has 0 aromatic heterocycles. The minimum absolute atomic E-state index is 0.120. The molecule has 0 saturated heterocycles. The molecule has 0 bridgehead atoms. The van der Waals surface area contributed by atoms with Gasteiger partial charge in [0.2, 0.25) is 0 Å². The van der Waals surface area contributed by atoms with Crippen LogP contribution in [0.25, 0.3) is 0 Å². The Morgan fingerprint density at radius 2 is 1.89 bits per heavy atom. The molecule has 18 heavy (non-hydrogen) atoms. The summed E-state index contributed by atoms with van der Waals surface area (Å²) in [6.07, 6.45) is 3.42. The van der Waals surface area contributed by atoms with E-state index in [2.05, 4.69) is 17.6 Å². The average molecular weight is 307 g/mol. The van der Waals surface area contributed by atoms with Gasteiger partial charge in [-0.15, -0.1) is 0 Å². The van der Waals surface area contributed by atoms with Gasteiger partial charge in [-0.05, 0) is 30.8 Å². The van der Waals surface area contributed by atoms with E-state index < -0.39 is 0 Å². The van der Waals surface area contributed by atoms with E-state index in [1.165, 1.54) is 12.8 Å². The summed E-state index contributed by atoms with van der Waals surface area (Å²) in [7, 11) is 0. The van der Waals surface area contributed by atoms with E-state index >= 15 is 0 Å². The lowest BCUT2D eigenvalue weighted by molar-refractivity contribution is 0.476. The summed E-state index contributed by atoms with van der Waals surface area (Å²) in [6, 6.07) is 3.14. The zero-order valence-electron chi connectivity index (χ0n) is 10.1. The lowest BCUT2D eigenvalue weighted by Crippen LogP contribution is -2.29. The second kappa shape index (κ2) is 7.67. The van der Waals surface area contributed by atoms with Crippen molar-refractivity contribution in [3.05, 3.63) is 22.2 Å². The fourth-order valence-electron chi connectivity index (χ4n) is 1.39. The summed E-state index contributed by atoms with van der Waals surface area (Å²) >= 11 is 16.8. The number of rotatable bonds is 5. The van der Waals surface area contributed by atoms with Crippen LogP contribution >= 0.6 is 35.4 Å². The van der Waals surface area contributed by atoms with Crippen LogP contribution in [0.3, 0.4) is 0 Å². The summed E-state index contributed by atoms with van der Waals surface area (Å²) in [5.41, 5.74) is 0.649. The number of aromatic hydroxyl groups is 1. The average Bonchev–Trinajstić information content (AvgIpc) is 2.31. The van der Waals surface area contributed by atoms with E-state index in [1.54, 1.807) is 12.1 Å². The third kappa shape index (κ3) is 4.88. The largest absolute Gasteiger partial charge is 0.505 e. The van der Waals surface area contributed by atoms with Gasteiger partial charge >= 0.3 is 0 Å². The molecule has 0 saturated carbocycles. The van der Waals surface area contributed by atoms with E-state index in [-0.39, 0.29) is 15.8 Å². The van der Waals surface area contributed by atoms with Gasteiger partial charge < -0.3 is 15.7 Å². The monoisotopic (exact) mass is 306 g/mol. The Balaban J connectivity index is 2.49. The van der Waals surface area contributed by atoms with E-state index in [1.807, 2.05) is 0 Å². The van der Waals surface area contributed by atoms with Crippen LogP contribution in [0.15, 0.2) is 12.1 Å². The van der Waals surface area contributed by atoms with Crippen LogP contribution in [0.2, 0.25) is 10.0 Å². The van der Waals surface area contributed by atoms with Crippen molar-refractivity contribution in [2.75, 3.05) is 11.9 Å².